The van der Waals surface area contributed by atoms with Crippen LogP contribution in [0.1, 0.15) is 10.4 Å². The standard InChI is InChI=1S/C18H11N3O6/c22-11-12-6-8-16(15(10-12)21(25)26)27-17-9-7-14(20(23)24)18(19-17)13-4-2-1-3-5-13/h1-11H. The molecule has 134 valence electrons. The Hall–Kier alpha value is -4.14. The fraction of sp³-hybridized carbons (Fsp3) is 0. The highest BCUT2D eigenvalue weighted by atomic mass is 16.6. The van der Waals surface area contributed by atoms with Gasteiger partial charge in [-0.15, -0.1) is 0 Å². The number of aldehydes is 1. The number of pyridine rings is 1. The minimum absolute atomic E-state index is 0.0543. The summed E-state index contributed by atoms with van der Waals surface area (Å²) in [7, 11) is 0. The largest absolute Gasteiger partial charge is 0.432 e. The molecule has 0 N–H and O–H groups in total. The van der Waals surface area contributed by atoms with Crippen molar-refractivity contribution in [2.45, 2.75) is 0 Å². The van der Waals surface area contributed by atoms with Crippen LogP contribution in [-0.2, 0) is 0 Å². The van der Waals surface area contributed by atoms with E-state index in [0.717, 1.165) is 6.07 Å². The molecule has 0 unspecified atom stereocenters. The molecule has 27 heavy (non-hydrogen) atoms. The van der Waals surface area contributed by atoms with Crippen molar-refractivity contribution in [2.24, 2.45) is 0 Å². The Balaban J connectivity index is 2.05. The van der Waals surface area contributed by atoms with Gasteiger partial charge in [-0.25, -0.2) is 4.98 Å². The Labute approximate surface area is 152 Å². The van der Waals surface area contributed by atoms with Crippen molar-refractivity contribution in [1.29, 1.82) is 0 Å². The number of hydrogen-bond acceptors (Lipinski definition) is 7. The van der Waals surface area contributed by atoms with E-state index in [-0.39, 0.29) is 28.6 Å². The van der Waals surface area contributed by atoms with Crippen molar-refractivity contribution in [1.82, 2.24) is 4.98 Å². The summed E-state index contributed by atoms with van der Waals surface area (Å²) in [5, 5.41) is 22.5. The van der Waals surface area contributed by atoms with Gasteiger partial charge in [-0.3, -0.25) is 25.0 Å². The van der Waals surface area contributed by atoms with Gasteiger partial charge in [0.15, 0.2) is 5.69 Å². The summed E-state index contributed by atoms with van der Waals surface area (Å²) >= 11 is 0. The third-order valence-corrected chi connectivity index (χ3v) is 3.62. The van der Waals surface area contributed by atoms with Crippen LogP contribution in [0.4, 0.5) is 11.4 Å². The summed E-state index contributed by atoms with van der Waals surface area (Å²) in [6, 6.07) is 14.7. The zero-order chi connectivity index (χ0) is 19.4. The molecule has 0 aliphatic carbocycles. The fourth-order valence-electron chi connectivity index (χ4n) is 2.40. The van der Waals surface area contributed by atoms with E-state index in [0.29, 0.717) is 11.8 Å². The molecule has 0 aliphatic rings. The van der Waals surface area contributed by atoms with Crippen molar-refractivity contribution in [3.63, 3.8) is 0 Å². The first kappa shape index (κ1) is 17.7. The molecule has 1 aromatic heterocycles. The quantitative estimate of drug-likeness (QED) is 0.364. The van der Waals surface area contributed by atoms with Crippen molar-refractivity contribution >= 4 is 17.7 Å². The highest BCUT2D eigenvalue weighted by molar-refractivity contribution is 5.77. The first-order valence-electron chi connectivity index (χ1n) is 7.62. The number of rotatable bonds is 6. The number of nitrogens with zero attached hydrogens (tertiary/aromatic N) is 3. The van der Waals surface area contributed by atoms with Crippen LogP contribution in [0.2, 0.25) is 0 Å². The van der Waals surface area contributed by atoms with Gasteiger partial charge in [-0.05, 0) is 12.1 Å². The minimum atomic E-state index is -0.689. The average Bonchev–Trinajstić information content (AvgIpc) is 2.68. The second-order valence-corrected chi connectivity index (χ2v) is 5.34. The van der Waals surface area contributed by atoms with Crippen molar-refractivity contribution in [3.8, 4) is 22.9 Å². The molecule has 3 rings (SSSR count). The van der Waals surface area contributed by atoms with Crippen molar-refractivity contribution < 1.29 is 19.4 Å². The predicted octanol–water partition coefficient (Wildman–Crippen LogP) is 4.17. The number of nitro groups is 2. The Kier molecular flexibility index (Phi) is 4.84. The van der Waals surface area contributed by atoms with Crippen molar-refractivity contribution in [2.75, 3.05) is 0 Å². The lowest BCUT2D eigenvalue weighted by Crippen LogP contribution is -1.99. The molecule has 0 saturated carbocycles. The highest BCUT2D eigenvalue weighted by Crippen LogP contribution is 2.34. The van der Waals surface area contributed by atoms with Crippen LogP contribution < -0.4 is 4.74 Å². The molecule has 3 aromatic rings. The molecule has 9 nitrogen and oxygen atoms in total. The van der Waals surface area contributed by atoms with Gasteiger partial charge < -0.3 is 4.74 Å². The number of aromatic nitrogens is 1. The summed E-state index contributed by atoms with van der Waals surface area (Å²) in [5.41, 5.74) is 0.0572. The first-order chi connectivity index (χ1) is 13.0. The predicted molar refractivity (Wildman–Crippen MR) is 94.9 cm³/mol. The second-order valence-electron chi connectivity index (χ2n) is 5.34. The van der Waals surface area contributed by atoms with E-state index in [4.69, 9.17) is 4.74 Å². The van der Waals surface area contributed by atoms with Crippen LogP contribution in [0.15, 0.2) is 60.7 Å². The lowest BCUT2D eigenvalue weighted by molar-refractivity contribution is -0.385. The lowest BCUT2D eigenvalue weighted by atomic mass is 10.1. The zero-order valence-corrected chi connectivity index (χ0v) is 13.6. The van der Waals surface area contributed by atoms with E-state index in [9.17, 15) is 25.0 Å². The lowest BCUT2D eigenvalue weighted by Gasteiger charge is -2.08. The molecular formula is C18H11N3O6. The van der Waals surface area contributed by atoms with Gasteiger partial charge in [0.25, 0.3) is 5.69 Å². The molecule has 0 radical (unpaired) electrons. The summed E-state index contributed by atoms with van der Waals surface area (Å²) in [6.45, 7) is 0. The van der Waals surface area contributed by atoms with Gasteiger partial charge in [0.05, 0.1) is 9.85 Å². The van der Waals surface area contributed by atoms with Crippen LogP contribution in [0.3, 0.4) is 0 Å². The van der Waals surface area contributed by atoms with E-state index < -0.39 is 15.5 Å². The number of nitro benzene ring substituents is 1. The summed E-state index contributed by atoms with van der Waals surface area (Å²) in [5.74, 6) is -0.188. The molecule has 0 saturated heterocycles. The Morgan fingerprint density at radius 3 is 2.22 bits per heavy atom. The molecular weight excluding hydrogens is 354 g/mol. The number of ether oxygens (including phenoxy) is 1. The van der Waals surface area contributed by atoms with Gasteiger partial charge in [-0.2, -0.15) is 0 Å². The van der Waals surface area contributed by atoms with Crippen LogP contribution in [0.5, 0.6) is 11.6 Å². The SMILES string of the molecule is O=Cc1ccc(Oc2ccc([N+](=O)[O-])c(-c3ccccc3)n2)c([N+](=O)[O-])c1. The Bertz CT molecular complexity index is 1040. The summed E-state index contributed by atoms with van der Waals surface area (Å²) in [4.78, 5) is 36.2. The average molecular weight is 365 g/mol. The number of carbonyl (C=O) groups is 1. The summed E-state index contributed by atoms with van der Waals surface area (Å²) in [6.07, 6.45) is 0.481. The van der Waals surface area contributed by atoms with Gasteiger partial charge in [0.2, 0.25) is 11.6 Å². The normalized spacial score (nSPS) is 10.2. The number of hydrogen-bond donors (Lipinski definition) is 0. The number of benzene rings is 2. The Morgan fingerprint density at radius 1 is 0.889 bits per heavy atom. The molecule has 0 aliphatic heterocycles. The monoisotopic (exact) mass is 365 g/mol. The van der Waals surface area contributed by atoms with Gasteiger partial charge in [0.1, 0.15) is 6.29 Å². The second kappa shape index (κ2) is 7.40. The van der Waals surface area contributed by atoms with Gasteiger partial charge in [-0.1, -0.05) is 30.3 Å². The van der Waals surface area contributed by atoms with E-state index in [1.807, 2.05) is 0 Å². The maximum atomic E-state index is 11.3. The van der Waals surface area contributed by atoms with E-state index in [2.05, 4.69) is 4.98 Å². The molecule has 0 amide bonds. The third kappa shape index (κ3) is 3.76. The van der Waals surface area contributed by atoms with Crippen LogP contribution in [-0.4, -0.2) is 21.1 Å². The molecule has 1 heterocycles. The molecule has 9 heteroatoms. The third-order valence-electron chi connectivity index (χ3n) is 3.62. The molecule has 0 fully saturated rings. The topological polar surface area (TPSA) is 125 Å². The molecule has 0 spiro atoms. The number of carbonyl (C=O) groups excluding carboxylic acids is 1. The van der Waals surface area contributed by atoms with Gasteiger partial charge in [0, 0.05) is 29.3 Å². The maximum absolute atomic E-state index is 11.3. The van der Waals surface area contributed by atoms with Gasteiger partial charge >= 0.3 is 5.69 Å². The maximum Gasteiger partial charge on any atom is 0.312 e. The summed E-state index contributed by atoms with van der Waals surface area (Å²) < 4.78 is 5.48. The fourth-order valence-corrected chi connectivity index (χ4v) is 2.40. The van der Waals surface area contributed by atoms with Crippen LogP contribution >= 0.6 is 0 Å². The van der Waals surface area contributed by atoms with Crippen LogP contribution in [0.25, 0.3) is 11.3 Å². The molecule has 0 bridgehead atoms. The minimum Gasteiger partial charge on any atom is -0.432 e. The molecule has 0 atom stereocenters. The van der Waals surface area contributed by atoms with Crippen molar-refractivity contribution in [3.05, 3.63) is 86.5 Å². The molecule has 2 aromatic carbocycles. The van der Waals surface area contributed by atoms with E-state index in [1.165, 1.54) is 24.3 Å². The smallest absolute Gasteiger partial charge is 0.312 e. The van der Waals surface area contributed by atoms with E-state index >= 15 is 0 Å². The zero-order valence-electron chi connectivity index (χ0n) is 13.6. The van der Waals surface area contributed by atoms with E-state index in [1.54, 1.807) is 30.3 Å². The highest BCUT2D eigenvalue weighted by Gasteiger charge is 2.21. The Morgan fingerprint density at radius 2 is 1.59 bits per heavy atom. The first-order valence-corrected chi connectivity index (χ1v) is 7.62. The van der Waals surface area contributed by atoms with Crippen LogP contribution in [0, 0.1) is 20.2 Å².